The first-order valence-corrected chi connectivity index (χ1v) is 7.14. The molecule has 0 aromatic heterocycles. The molecule has 0 heterocycles. The van der Waals surface area contributed by atoms with E-state index in [1.54, 1.807) is 0 Å². The zero-order valence-electron chi connectivity index (χ0n) is 11.9. The molecule has 3 nitrogen and oxygen atoms in total. The molecule has 0 saturated heterocycles. The van der Waals surface area contributed by atoms with Gasteiger partial charge >= 0.3 is 5.97 Å². The van der Waals surface area contributed by atoms with Gasteiger partial charge in [0.25, 0.3) is 0 Å². The van der Waals surface area contributed by atoms with Crippen molar-refractivity contribution >= 4 is 5.97 Å². The molecule has 21 heavy (non-hydrogen) atoms. The van der Waals surface area contributed by atoms with Crippen molar-refractivity contribution in [2.75, 3.05) is 6.61 Å². The minimum absolute atomic E-state index is 0.247. The Labute approximate surface area is 125 Å². The Hall–Kier alpha value is -2.13. The molecule has 0 fully saturated rings. The minimum atomic E-state index is -0.793. The summed E-state index contributed by atoms with van der Waals surface area (Å²) in [6.07, 6.45) is 1.35. The zero-order valence-corrected chi connectivity index (χ0v) is 11.9. The third-order valence-corrected chi connectivity index (χ3v) is 3.40. The Balaban J connectivity index is 1.78. The van der Waals surface area contributed by atoms with Crippen LogP contribution < -0.4 is 0 Å². The fraction of sp³-hybridized carbons (Fsp3) is 0.278. The van der Waals surface area contributed by atoms with Crippen LogP contribution >= 0.6 is 0 Å². The molecule has 0 aliphatic carbocycles. The van der Waals surface area contributed by atoms with Crippen LogP contribution in [0.15, 0.2) is 60.7 Å². The Morgan fingerprint density at radius 2 is 1.52 bits per heavy atom. The Bertz CT molecular complexity index is 537. The van der Waals surface area contributed by atoms with Gasteiger partial charge in [0.2, 0.25) is 0 Å². The molecule has 2 aromatic rings. The van der Waals surface area contributed by atoms with Crippen LogP contribution in [0.5, 0.6) is 0 Å². The van der Waals surface area contributed by atoms with Crippen LogP contribution in [0.4, 0.5) is 0 Å². The highest BCUT2D eigenvalue weighted by Crippen LogP contribution is 2.12. The van der Waals surface area contributed by atoms with Gasteiger partial charge < -0.3 is 9.84 Å². The Kier molecular flexibility index (Phi) is 5.98. The van der Waals surface area contributed by atoms with Crippen molar-refractivity contribution in [1.29, 1.82) is 0 Å². The highest BCUT2D eigenvalue weighted by molar-refractivity contribution is 5.70. The molecular formula is C18H20O3. The van der Waals surface area contributed by atoms with Crippen LogP contribution in [0, 0.1) is 5.92 Å². The van der Waals surface area contributed by atoms with E-state index >= 15 is 0 Å². The maximum absolute atomic E-state index is 11.3. The molecule has 1 atom stereocenters. The van der Waals surface area contributed by atoms with Crippen LogP contribution in [-0.2, 0) is 22.6 Å². The predicted molar refractivity (Wildman–Crippen MR) is 82.0 cm³/mol. The lowest BCUT2D eigenvalue weighted by Crippen LogP contribution is -2.20. The number of carbonyl (C=O) groups is 1. The molecule has 1 N–H and O–H groups in total. The summed E-state index contributed by atoms with van der Waals surface area (Å²) in [4.78, 5) is 11.3. The second kappa shape index (κ2) is 8.22. The number of carboxylic acid groups (broad SMARTS) is 1. The topological polar surface area (TPSA) is 46.5 Å². The largest absolute Gasteiger partial charge is 0.481 e. The van der Waals surface area contributed by atoms with Gasteiger partial charge in [-0.25, -0.2) is 0 Å². The van der Waals surface area contributed by atoms with Crippen molar-refractivity contribution in [3.63, 3.8) is 0 Å². The number of benzene rings is 2. The summed E-state index contributed by atoms with van der Waals surface area (Å²) in [5.41, 5.74) is 2.22. The molecule has 110 valence electrons. The smallest absolute Gasteiger partial charge is 0.308 e. The van der Waals surface area contributed by atoms with Crippen LogP contribution in [0.3, 0.4) is 0 Å². The SMILES string of the molecule is O=C(O)[C@H](CCc1ccccc1)COCc1ccccc1. The molecule has 2 aromatic carbocycles. The highest BCUT2D eigenvalue weighted by Gasteiger charge is 2.17. The van der Waals surface area contributed by atoms with Crippen molar-refractivity contribution in [3.05, 3.63) is 71.8 Å². The number of aliphatic carboxylic acids is 1. The number of hydrogen-bond acceptors (Lipinski definition) is 2. The van der Waals surface area contributed by atoms with E-state index < -0.39 is 11.9 Å². The summed E-state index contributed by atoms with van der Waals surface area (Å²) in [6, 6.07) is 19.7. The maximum Gasteiger partial charge on any atom is 0.308 e. The molecule has 0 spiro atoms. The van der Waals surface area contributed by atoms with Crippen molar-refractivity contribution in [2.45, 2.75) is 19.4 Å². The second-order valence-electron chi connectivity index (χ2n) is 5.06. The van der Waals surface area contributed by atoms with Gasteiger partial charge in [0.15, 0.2) is 0 Å². The third kappa shape index (κ3) is 5.40. The van der Waals surface area contributed by atoms with Crippen LogP contribution in [0.1, 0.15) is 17.5 Å². The third-order valence-electron chi connectivity index (χ3n) is 3.40. The van der Waals surface area contributed by atoms with E-state index in [2.05, 4.69) is 0 Å². The summed E-state index contributed by atoms with van der Waals surface area (Å²) in [7, 11) is 0. The normalized spacial score (nSPS) is 12.0. The number of ether oxygens (including phenoxy) is 1. The Morgan fingerprint density at radius 3 is 2.10 bits per heavy atom. The van der Waals surface area contributed by atoms with Gasteiger partial charge in [-0.05, 0) is 24.0 Å². The lowest BCUT2D eigenvalue weighted by molar-refractivity contribution is -0.144. The molecular weight excluding hydrogens is 264 g/mol. The van der Waals surface area contributed by atoms with Crippen LogP contribution in [0.2, 0.25) is 0 Å². The lowest BCUT2D eigenvalue weighted by Gasteiger charge is -2.13. The summed E-state index contributed by atoms with van der Waals surface area (Å²) in [5, 5.41) is 9.27. The van der Waals surface area contributed by atoms with E-state index in [1.807, 2.05) is 60.7 Å². The molecule has 2 rings (SSSR count). The van der Waals surface area contributed by atoms with E-state index in [0.29, 0.717) is 13.0 Å². The fourth-order valence-electron chi connectivity index (χ4n) is 2.16. The molecule has 0 aliphatic heterocycles. The number of aryl methyl sites for hydroxylation is 1. The average molecular weight is 284 g/mol. The predicted octanol–water partition coefficient (Wildman–Crippen LogP) is 3.54. The molecule has 0 radical (unpaired) electrons. The van der Waals surface area contributed by atoms with Crippen LogP contribution in [0.25, 0.3) is 0 Å². The van der Waals surface area contributed by atoms with Crippen molar-refractivity contribution < 1.29 is 14.6 Å². The number of carboxylic acids is 1. The quantitative estimate of drug-likeness (QED) is 0.806. The standard InChI is InChI=1S/C18H20O3/c19-18(20)17(12-11-15-7-3-1-4-8-15)14-21-13-16-9-5-2-6-10-16/h1-10,17H,11-14H2,(H,19,20)/t17-/m1/s1. The summed E-state index contributed by atoms with van der Waals surface area (Å²) >= 11 is 0. The summed E-state index contributed by atoms with van der Waals surface area (Å²) < 4.78 is 5.55. The van der Waals surface area contributed by atoms with Gasteiger partial charge in [0, 0.05) is 0 Å². The van der Waals surface area contributed by atoms with Gasteiger partial charge in [0.05, 0.1) is 19.1 Å². The van der Waals surface area contributed by atoms with Crippen molar-refractivity contribution in [1.82, 2.24) is 0 Å². The van der Waals surface area contributed by atoms with Crippen LogP contribution in [-0.4, -0.2) is 17.7 Å². The van der Waals surface area contributed by atoms with Gasteiger partial charge in [-0.3, -0.25) is 4.79 Å². The van der Waals surface area contributed by atoms with Gasteiger partial charge in [-0.2, -0.15) is 0 Å². The number of rotatable bonds is 8. The fourth-order valence-corrected chi connectivity index (χ4v) is 2.16. The van der Waals surface area contributed by atoms with Crippen molar-refractivity contribution in [3.8, 4) is 0 Å². The average Bonchev–Trinajstić information content (AvgIpc) is 2.52. The first kappa shape index (κ1) is 15.3. The first-order valence-electron chi connectivity index (χ1n) is 7.14. The van der Waals surface area contributed by atoms with Gasteiger partial charge in [0.1, 0.15) is 0 Å². The molecule has 0 aliphatic rings. The van der Waals surface area contributed by atoms with E-state index in [-0.39, 0.29) is 6.61 Å². The van der Waals surface area contributed by atoms with E-state index in [4.69, 9.17) is 4.74 Å². The van der Waals surface area contributed by atoms with E-state index in [1.165, 1.54) is 0 Å². The molecule has 0 saturated carbocycles. The molecule has 3 heteroatoms. The molecule has 0 amide bonds. The van der Waals surface area contributed by atoms with Gasteiger partial charge in [-0.15, -0.1) is 0 Å². The van der Waals surface area contributed by atoms with E-state index in [0.717, 1.165) is 17.5 Å². The summed E-state index contributed by atoms with van der Waals surface area (Å²) in [5.74, 6) is -1.26. The number of hydrogen-bond donors (Lipinski definition) is 1. The molecule has 0 unspecified atom stereocenters. The lowest BCUT2D eigenvalue weighted by atomic mass is 10.0. The first-order chi connectivity index (χ1) is 10.3. The zero-order chi connectivity index (χ0) is 14.9. The van der Waals surface area contributed by atoms with Gasteiger partial charge in [-0.1, -0.05) is 60.7 Å². The Morgan fingerprint density at radius 1 is 0.952 bits per heavy atom. The molecule has 0 bridgehead atoms. The monoisotopic (exact) mass is 284 g/mol. The maximum atomic E-state index is 11.3. The van der Waals surface area contributed by atoms with Crippen molar-refractivity contribution in [2.24, 2.45) is 5.92 Å². The highest BCUT2D eigenvalue weighted by atomic mass is 16.5. The minimum Gasteiger partial charge on any atom is -0.481 e. The van der Waals surface area contributed by atoms with E-state index in [9.17, 15) is 9.90 Å². The summed E-state index contributed by atoms with van der Waals surface area (Å²) in [6.45, 7) is 0.701. The second-order valence-corrected chi connectivity index (χ2v) is 5.06.